The molecule has 6 heteroatoms. The lowest BCUT2D eigenvalue weighted by Gasteiger charge is -2.03. The normalized spacial score (nSPS) is 12.8. The molecule has 1 aromatic rings. The molecule has 1 radical (unpaired) electrons. The van der Waals surface area contributed by atoms with Crippen molar-refractivity contribution >= 4 is 17.3 Å². The Labute approximate surface area is 66.6 Å². The van der Waals surface area contributed by atoms with Crippen LogP contribution in [0.4, 0.5) is 0 Å². The van der Waals surface area contributed by atoms with Crippen molar-refractivity contribution in [2.45, 2.75) is 6.10 Å². The molecule has 5 nitrogen and oxygen atoms in total. The molecular formula is C5H5N2O3S. The zero-order valence-electron chi connectivity index (χ0n) is 5.64. The Morgan fingerprint density at radius 2 is 2.64 bits per heavy atom. The van der Waals surface area contributed by atoms with Crippen molar-refractivity contribution in [1.29, 1.82) is 0 Å². The van der Waals surface area contributed by atoms with Crippen molar-refractivity contribution in [1.82, 2.24) is 10.2 Å². The van der Waals surface area contributed by atoms with Gasteiger partial charge in [0.05, 0.1) is 0 Å². The summed E-state index contributed by atoms with van der Waals surface area (Å²) >= 11 is 1.03. The highest BCUT2D eigenvalue weighted by Crippen LogP contribution is 2.16. The van der Waals surface area contributed by atoms with Crippen molar-refractivity contribution in [3.05, 3.63) is 10.5 Å². The molecule has 1 N–H and O–H groups in total. The predicted octanol–water partition coefficient (Wildman–Crippen LogP) is 0.110. The minimum absolute atomic E-state index is 0.306. The van der Waals surface area contributed by atoms with Gasteiger partial charge in [-0.15, -0.1) is 10.2 Å². The van der Waals surface area contributed by atoms with Gasteiger partial charge in [-0.25, -0.2) is 4.79 Å². The Kier molecular flexibility index (Phi) is 2.50. The summed E-state index contributed by atoms with van der Waals surface area (Å²) in [4.78, 5) is 10.4. The van der Waals surface area contributed by atoms with Gasteiger partial charge in [-0.05, 0) is 0 Å². The number of hydrogen-bond acceptors (Lipinski definition) is 5. The number of aliphatic carboxylic acids is 1. The number of nitrogens with zero attached hydrogens (tertiary/aromatic N) is 2. The molecule has 1 heterocycles. The van der Waals surface area contributed by atoms with Crippen molar-refractivity contribution in [3.8, 4) is 0 Å². The third-order valence-corrected chi connectivity index (χ3v) is 1.70. The predicted molar refractivity (Wildman–Crippen MR) is 36.1 cm³/mol. The van der Waals surface area contributed by atoms with Crippen LogP contribution in [0.3, 0.4) is 0 Å². The molecule has 0 saturated carbocycles. The Morgan fingerprint density at radius 3 is 3.00 bits per heavy atom. The van der Waals surface area contributed by atoms with E-state index in [4.69, 9.17) is 5.11 Å². The molecule has 0 saturated heterocycles. The van der Waals surface area contributed by atoms with E-state index in [1.54, 1.807) is 0 Å². The molecule has 0 spiro atoms. The van der Waals surface area contributed by atoms with Crippen molar-refractivity contribution in [3.63, 3.8) is 0 Å². The average molecular weight is 173 g/mol. The fraction of sp³-hybridized carbons (Fsp3) is 0.400. The molecule has 1 unspecified atom stereocenters. The van der Waals surface area contributed by atoms with E-state index in [2.05, 4.69) is 20.4 Å². The Hall–Kier alpha value is -1.01. The summed E-state index contributed by atoms with van der Waals surface area (Å²) in [7, 11) is 1.31. The molecule has 1 rings (SSSR count). The second-order valence-corrected chi connectivity index (χ2v) is 2.49. The van der Waals surface area contributed by atoms with Gasteiger partial charge < -0.3 is 9.84 Å². The molecule has 1 atom stereocenters. The minimum atomic E-state index is -1.07. The number of carboxylic acid groups (broad SMARTS) is 1. The number of aromatic nitrogens is 2. The summed E-state index contributed by atoms with van der Waals surface area (Å²) in [5, 5.41) is 15.7. The first kappa shape index (κ1) is 8.09. The summed E-state index contributed by atoms with van der Waals surface area (Å²) < 4.78 is 4.64. The van der Waals surface area contributed by atoms with Crippen LogP contribution in [0, 0.1) is 5.51 Å². The van der Waals surface area contributed by atoms with Gasteiger partial charge in [0.1, 0.15) is 0 Å². The molecule has 0 aliphatic heterocycles. The number of rotatable bonds is 3. The zero-order valence-corrected chi connectivity index (χ0v) is 6.46. The van der Waals surface area contributed by atoms with Crippen LogP contribution in [0.1, 0.15) is 11.1 Å². The van der Waals surface area contributed by atoms with Crippen LogP contribution in [-0.2, 0) is 9.53 Å². The number of methoxy groups -OCH3 is 1. The van der Waals surface area contributed by atoms with Crippen molar-refractivity contribution < 1.29 is 14.6 Å². The Balaban J connectivity index is 2.79. The van der Waals surface area contributed by atoms with Crippen molar-refractivity contribution in [2.75, 3.05) is 7.11 Å². The fourth-order valence-corrected chi connectivity index (χ4v) is 1.13. The fourth-order valence-electron chi connectivity index (χ4n) is 0.571. The van der Waals surface area contributed by atoms with Gasteiger partial charge in [0.25, 0.3) is 0 Å². The number of carboxylic acids is 1. The minimum Gasteiger partial charge on any atom is -0.479 e. The molecule has 0 amide bonds. The first-order valence-electron chi connectivity index (χ1n) is 2.70. The largest absolute Gasteiger partial charge is 0.479 e. The lowest BCUT2D eigenvalue weighted by Crippen LogP contribution is -2.13. The average Bonchev–Trinajstić information content (AvgIpc) is 2.40. The monoisotopic (exact) mass is 173 g/mol. The maximum absolute atomic E-state index is 10.4. The number of ether oxygens (including phenoxy) is 1. The van der Waals surface area contributed by atoms with Gasteiger partial charge in [0, 0.05) is 7.11 Å². The maximum atomic E-state index is 10.4. The van der Waals surface area contributed by atoms with Gasteiger partial charge in [0.2, 0.25) is 6.10 Å². The molecule has 0 aliphatic carbocycles. The Morgan fingerprint density at radius 1 is 1.91 bits per heavy atom. The van der Waals surface area contributed by atoms with Crippen LogP contribution >= 0.6 is 11.3 Å². The summed E-state index contributed by atoms with van der Waals surface area (Å²) in [6.45, 7) is 0. The van der Waals surface area contributed by atoms with Gasteiger partial charge >= 0.3 is 5.97 Å². The topological polar surface area (TPSA) is 72.3 Å². The molecule has 0 bridgehead atoms. The molecule has 1 aromatic heterocycles. The van der Waals surface area contributed by atoms with Crippen LogP contribution in [0.15, 0.2) is 0 Å². The molecule has 11 heavy (non-hydrogen) atoms. The highest BCUT2D eigenvalue weighted by molar-refractivity contribution is 7.08. The third kappa shape index (κ3) is 1.72. The van der Waals surface area contributed by atoms with E-state index in [0.29, 0.717) is 5.01 Å². The van der Waals surface area contributed by atoms with E-state index < -0.39 is 12.1 Å². The highest BCUT2D eigenvalue weighted by Gasteiger charge is 2.21. The smallest absolute Gasteiger partial charge is 0.340 e. The van der Waals surface area contributed by atoms with E-state index in [1.165, 1.54) is 7.11 Å². The molecule has 0 aromatic carbocycles. The highest BCUT2D eigenvalue weighted by atomic mass is 32.1. The summed E-state index contributed by atoms with van der Waals surface area (Å²) in [5.74, 6) is -1.07. The van der Waals surface area contributed by atoms with E-state index >= 15 is 0 Å². The first-order valence-corrected chi connectivity index (χ1v) is 3.52. The van der Waals surface area contributed by atoms with E-state index in [9.17, 15) is 4.79 Å². The van der Waals surface area contributed by atoms with Gasteiger partial charge in [-0.2, -0.15) is 0 Å². The third-order valence-electron chi connectivity index (χ3n) is 1.02. The van der Waals surface area contributed by atoms with Crippen LogP contribution in [-0.4, -0.2) is 28.4 Å². The van der Waals surface area contributed by atoms with Crippen LogP contribution in [0.2, 0.25) is 0 Å². The quantitative estimate of drug-likeness (QED) is 0.702. The van der Waals surface area contributed by atoms with E-state index in [-0.39, 0.29) is 0 Å². The molecule has 59 valence electrons. The van der Waals surface area contributed by atoms with Gasteiger partial charge in [0.15, 0.2) is 10.5 Å². The van der Waals surface area contributed by atoms with E-state index in [1.807, 2.05) is 0 Å². The first-order chi connectivity index (χ1) is 5.25. The van der Waals surface area contributed by atoms with Crippen LogP contribution in [0.5, 0.6) is 0 Å². The molecule has 0 aliphatic rings. The van der Waals surface area contributed by atoms with Crippen LogP contribution < -0.4 is 0 Å². The maximum Gasteiger partial charge on any atom is 0.340 e. The lowest BCUT2D eigenvalue weighted by atomic mass is 10.4. The molecule has 0 fully saturated rings. The second-order valence-electron chi connectivity index (χ2n) is 1.69. The number of carbonyl (C=O) groups is 1. The summed E-state index contributed by atoms with van der Waals surface area (Å²) in [5.41, 5.74) is 2.44. The SMILES string of the molecule is COC(C(=O)O)c1nn[c]s1. The van der Waals surface area contributed by atoms with E-state index in [0.717, 1.165) is 11.3 Å². The van der Waals surface area contributed by atoms with Crippen LogP contribution in [0.25, 0.3) is 0 Å². The van der Waals surface area contributed by atoms with Crippen molar-refractivity contribution in [2.24, 2.45) is 0 Å². The summed E-state index contributed by atoms with van der Waals surface area (Å²) in [6, 6.07) is 0. The number of hydrogen-bond donors (Lipinski definition) is 1. The Bertz CT molecular complexity index is 236. The van der Waals surface area contributed by atoms with Gasteiger partial charge in [-0.1, -0.05) is 11.3 Å². The summed E-state index contributed by atoms with van der Waals surface area (Å²) in [6.07, 6.45) is -1.02. The zero-order chi connectivity index (χ0) is 8.27. The lowest BCUT2D eigenvalue weighted by molar-refractivity contribution is -0.148. The second kappa shape index (κ2) is 3.40. The standard InChI is InChI=1S/C5H5N2O3S/c1-10-3(5(8)9)4-7-6-2-11-4/h3H,1H3,(H,8,9). The molecular weight excluding hydrogens is 168 g/mol. The van der Waals surface area contributed by atoms with Gasteiger partial charge in [-0.3, -0.25) is 0 Å².